The molecule has 0 atom stereocenters. The molecule has 0 spiro atoms. The molecule has 0 unspecified atom stereocenters. The van der Waals surface area contributed by atoms with E-state index in [4.69, 9.17) is 0 Å². The fourth-order valence-corrected chi connectivity index (χ4v) is 10.7. The van der Waals surface area contributed by atoms with Crippen LogP contribution in [0.1, 0.15) is 0 Å². The minimum atomic E-state index is -4.16. The van der Waals surface area contributed by atoms with Gasteiger partial charge in [-0.25, -0.2) is 0 Å². The van der Waals surface area contributed by atoms with Crippen molar-refractivity contribution in [3.8, 4) is 0 Å². The molecule has 2 heteroatoms. The van der Waals surface area contributed by atoms with Crippen LogP contribution in [0, 0.1) is 0 Å². The van der Waals surface area contributed by atoms with Crippen LogP contribution in [0.5, 0.6) is 0 Å². The summed E-state index contributed by atoms with van der Waals surface area (Å²) in [5.74, 6) is 0. The van der Waals surface area contributed by atoms with E-state index in [0.717, 1.165) is 42.8 Å². The van der Waals surface area contributed by atoms with Crippen LogP contribution in [-0.2, 0) is 0 Å². The first-order valence-corrected chi connectivity index (χ1v) is 13.7. The third-order valence-corrected chi connectivity index (χ3v) is 12.3. The fourth-order valence-electron chi connectivity index (χ4n) is 5.45. The Balaban J connectivity index is 1.94. The van der Waals surface area contributed by atoms with Crippen LogP contribution in [0.2, 0.25) is 0 Å². The van der Waals surface area contributed by atoms with Crippen LogP contribution in [-0.4, -0.2) is 4.89 Å². The summed E-state index contributed by atoms with van der Waals surface area (Å²) in [7, 11) is 0. The summed E-state index contributed by atoms with van der Waals surface area (Å²) >= 11 is 0. The van der Waals surface area contributed by atoms with Crippen molar-refractivity contribution in [1.82, 2.24) is 0 Å². The molecule has 0 heterocycles. The van der Waals surface area contributed by atoms with Gasteiger partial charge in [0, 0.05) is 0 Å². The Morgan fingerprint density at radius 3 is 1.15 bits per heavy atom. The third-order valence-electron chi connectivity index (χ3n) is 6.99. The Morgan fingerprint density at radius 2 is 0.706 bits per heavy atom. The van der Waals surface area contributed by atoms with E-state index in [2.05, 4.69) is 109 Å². The van der Waals surface area contributed by atoms with Gasteiger partial charge in [-0.2, -0.15) is 0 Å². The summed E-state index contributed by atoms with van der Waals surface area (Å²) in [6.45, 7) is -4.16. The van der Waals surface area contributed by atoms with E-state index in [0.29, 0.717) is 0 Å². The van der Waals surface area contributed by atoms with E-state index in [1.54, 1.807) is 0 Å². The van der Waals surface area contributed by atoms with Crippen molar-refractivity contribution in [3.63, 3.8) is 0 Å². The number of hydrogen-bond acceptors (Lipinski definition) is 1. The van der Waals surface area contributed by atoms with Crippen molar-refractivity contribution in [2.24, 2.45) is 0 Å². The van der Waals surface area contributed by atoms with Crippen LogP contribution < -0.4 is 21.2 Å². The Labute approximate surface area is 200 Å². The molecule has 0 aliphatic rings. The van der Waals surface area contributed by atoms with Crippen molar-refractivity contribution in [2.45, 2.75) is 0 Å². The molecule has 0 aliphatic heterocycles. The fraction of sp³-hybridized carbons (Fsp3) is 0. The number of rotatable bonds is 4. The van der Waals surface area contributed by atoms with Crippen LogP contribution in [0.4, 0.5) is 0 Å². The van der Waals surface area contributed by atoms with E-state index in [9.17, 15) is 4.89 Å². The molecular weight excluding hydrogens is 431 g/mol. The summed E-state index contributed by atoms with van der Waals surface area (Å²) < 4.78 is 0. The molecule has 34 heavy (non-hydrogen) atoms. The number of hydrogen-bond donors (Lipinski definition) is 1. The first kappa shape index (κ1) is 20.8. The zero-order valence-electron chi connectivity index (χ0n) is 18.8. The van der Waals surface area contributed by atoms with E-state index < -0.39 is 6.83 Å². The van der Waals surface area contributed by atoms with Crippen LogP contribution in [0.15, 0.2) is 146 Å². The van der Waals surface area contributed by atoms with Gasteiger partial charge in [0.25, 0.3) is 0 Å². The van der Waals surface area contributed by atoms with Crippen molar-refractivity contribution < 1.29 is 4.89 Å². The molecule has 0 aromatic heterocycles. The quantitative estimate of drug-likeness (QED) is 0.320. The molecule has 1 nitrogen and oxygen atoms in total. The molecule has 0 bridgehead atoms. The molecule has 164 valence electrons. The van der Waals surface area contributed by atoms with Gasteiger partial charge in [-0.3, -0.25) is 0 Å². The number of fused-ring (bicyclic) bond motifs is 2. The Bertz CT molecular complexity index is 1490. The zero-order chi connectivity index (χ0) is 23.0. The van der Waals surface area contributed by atoms with Crippen molar-refractivity contribution >= 4 is 49.6 Å². The second kappa shape index (κ2) is 7.92. The molecule has 0 fully saturated rings. The van der Waals surface area contributed by atoms with Gasteiger partial charge in [0.2, 0.25) is 0 Å². The van der Waals surface area contributed by atoms with Gasteiger partial charge in [0.15, 0.2) is 0 Å². The summed E-state index contributed by atoms with van der Waals surface area (Å²) in [6.07, 6.45) is 0. The Kier molecular flexibility index (Phi) is 4.85. The van der Waals surface area contributed by atoms with Gasteiger partial charge in [-0.15, -0.1) is 0 Å². The van der Waals surface area contributed by atoms with E-state index in [1.165, 1.54) is 0 Å². The summed E-state index contributed by atoms with van der Waals surface area (Å²) in [6, 6.07) is 49.9. The van der Waals surface area contributed by atoms with E-state index in [1.807, 2.05) is 36.4 Å². The summed E-state index contributed by atoms with van der Waals surface area (Å²) in [5.41, 5.74) is 0. The van der Waals surface area contributed by atoms with Crippen molar-refractivity contribution in [1.29, 1.82) is 0 Å². The van der Waals surface area contributed by atoms with Crippen molar-refractivity contribution in [2.75, 3.05) is 0 Å². The second-order valence-electron chi connectivity index (χ2n) is 8.74. The van der Waals surface area contributed by atoms with Gasteiger partial charge in [-0.05, 0) is 0 Å². The molecular formula is C32H25OP. The molecule has 0 radical (unpaired) electrons. The van der Waals surface area contributed by atoms with Gasteiger partial charge < -0.3 is 0 Å². The molecule has 6 rings (SSSR count). The standard InChI is InChI=1S/C32H25OP/c33-34(27-17-3-1-4-18-27,28-19-5-2-6-20-28,31-23-11-15-25-13-7-9-21-29(25)31)32-24-12-16-26-14-8-10-22-30(26)32/h1-24,33H. The van der Waals surface area contributed by atoms with Gasteiger partial charge >= 0.3 is 200 Å². The normalized spacial score (nSPS) is 12.9. The van der Waals surface area contributed by atoms with Gasteiger partial charge in [0.1, 0.15) is 0 Å². The van der Waals surface area contributed by atoms with Crippen LogP contribution in [0.3, 0.4) is 0 Å². The predicted octanol–water partition coefficient (Wildman–Crippen LogP) is 6.06. The SMILES string of the molecule is OP(c1ccccc1)(c1ccccc1)(c1cccc2ccccc12)c1cccc2ccccc12. The van der Waals surface area contributed by atoms with Crippen LogP contribution >= 0.6 is 6.83 Å². The average Bonchev–Trinajstić information content (AvgIpc) is 2.93. The van der Waals surface area contributed by atoms with Crippen LogP contribution in [0.25, 0.3) is 21.5 Å². The number of benzene rings is 6. The molecule has 1 N–H and O–H groups in total. The molecule has 0 amide bonds. The van der Waals surface area contributed by atoms with Gasteiger partial charge in [0.05, 0.1) is 0 Å². The maximum absolute atomic E-state index is 14.0. The summed E-state index contributed by atoms with van der Waals surface area (Å²) in [4.78, 5) is 14.0. The zero-order valence-corrected chi connectivity index (χ0v) is 19.6. The topological polar surface area (TPSA) is 20.2 Å². The van der Waals surface area contributed by atoms with E-state index in [-0.39, 0.29) is 0 Å². The first-order valence-electron chi connectivity index (χ1n) is 11.6. The van der Waals surface area contributed by atoms with Crippen molar-refractivity contribution in [3.05, 3.63) is 146 Å². The minimum absolute atomic E-state index is 0.937. The van der Waals surface area contributed by atoms with Gasteiger partial charge in [-0.1, -0.05) is 0 Å². The molecule has 0 saturated heterocycles. The Hall–Kier alpha value is -3.77. The van der Waals surface area contributed by atoms with E-state index >= 15 is 0 Å². The third kappa shape index (κ3) is 2.82. The predicted molar refractivity (Wildman–Crippen MR) is 148 cm³/mol. The molecule has 6 aromatic rings. The second-order valence-corrected chi connectivity index (χ2v) is 12.9. The molecule has 0 saturated carbocycles. The molecule has 0 aliphatic carbocycles. The first-order chi connectivity index (χ1) is 16.7. The average molecular weight is 457 g/mol. The Morgan fingerprint density at radius 1 is 0.353 bits per heavy atom. The molecule has 6 aromatic carbocycles. The monoisotopic (exact) mass is 456 g/mol. The summed E-state index contributed by atoms with van der Waals surface area (Å²) in [5, 5.41) is 8.21. The maximum atomic E-state index is 14.0.